The average molecular weight is 456 g/mol. The molecule has 5 atom stereocenters. The smallest absolute Gasteiger partial charge is 0.190 e. The van der Waals surface area contributed by atoms with Gasteiger partial charge in [-0.15, -0.1) is 0 Å². The van der Waals surface area contributed by atoms with Gasteiger partial charge in [-0.25, -0.2) is 0 Å². The van der Waals surface area contributed by atoms with Crippen LogP contribution in [0.3, 0.4) is 0 Å². The third kappa shape index (κ3) is 5.37. The van der Waals surface area contributed by atoms with Crippen molar-refractivity contribution in [1.82, 2.24) is 0 Å². The molecule has 33 heavy (non-hydrogen) atoms. The Morgan fingerprint density at radius 3 is 2.27 bits per heavy atom. The zero-order valence-electron chi connectivity index (χ0n) is 18.7. The molecule has 4 rings (SSSR count). The first-order valence-corrected chi connectivity index (χ1v) is 10.9. The van der Waals surface area contributed by atoms with Crippen LogP contribution < -0.4 is 0 Å². The third-order valence-electron chi connectivity index (χ3n) is 5.79. The molecule has 0 aromatic heterocycles. The minimum Gasteiger partial charge on any atom is -0.395 e. The van der Waals surface area contributed by atoms with Gasteiger partial charge in [-0.05, 0) is 30.5 Å². The Morgan fingerprint density at radius 1 is 1.03 bits per heavy atom. The Labute approximate surface area is 192 Å². The molecule has 0 saturated carbocycles. The number of azide groups is 1. The van der Waals surface area contributed by atoms with Crippen LogP contribution in [0.15, 0.2) is 65.8 Å². The summed E-state index contributed by atoms with van der Waals surface area (Å²) in [5.74, 6) is -0.848. The molecule has 0 aliphatic carbocycles. The second-order valence-corrected chi connectivity index (χ2v) is 8.72. The lowest BCUT2D eigenvalue weighted by Crippen LogP contribution is -2.54. The maximum atomic E-state index is 10.4. The average Bonchev–Trinajstić information content (AvgIpc) is 3.30. The van der Waals surface area contributed by atoms with Crippen molar-refractivity contribution in [3.05, 3.63) is 82.2 Å². The lowest BCUT2D eigenvalue weighted by atomic mass is 9.90. The summed E-state index contributed by atoms with van der Waals surface area (Å²) in [6.45, 7) is 3.62. The van der Waals surface area contributed by atoms with Crippen LogP contribution in [-0.2, 0) is 36.9 Å². The van der Waals surface area contributed by atoms with Gasteiger partial charge in [0.15, 0.2) is 12.1 Å². The molecule has 9 heteroatoms. The Bertz CT molecular complexity index is 953. The summed E-state index contributed by atoms with van der Waals surface area (Å²) in [6.07, 6.45) is -2.78. The maximum absolute atomic E-state index is 10.4. The highest BCUT2D eigenvalue weighted by molar-refractivity contribution is 5.15. The second-order valence-electron chi connectivity index (χ2n) is 8.72. The topological polar surface area (TPSA) is 115 Å². The molecule has 0 radical (unpaired) electrons. The molecule has 2 fully saturated rings. The molecule has 9 nitrogen and oxygen atoms in total. The Morgan fingerprint density at radius 2 is 1.67 bits per heavy atom. The summed E-state index contributed by atoms with van der Waals surface area (Å²) >= 11 is 0. The van der Waals surface area contributed by atoms with Crippen molar-refractivity contribution >= 4 is 0 Å². The first-order chi connectivity index (χ1) is 16.0. The van der Waals surface area contributed by atoms with Crippen LogP contribution in [0, 0.1) is 0 Å². The van der Waals surface area contributed by atoms with Crippen molar-refractivity contribution < 1.29 is 28.8 Å². The summed E-state index contributed by atoms with van der Waals surface area (Å²) in [7, 11) is 0. The summed E-state index contributed by atoms with van der Waals surface area (Å²) in [5, 5.41) is 14.3. The zero-order valence-corrected chi connectivity index (χ0v) is 18.7. The van der Waals surface area contributed by atoms with Gasteiger partial charge >= 0.3 is 0 Å². The van der Waals surface area contributed by atoms with Crippen LogP contribution in [0.5, 0.6) is 0 Å². The van der Waals surface area contributed by atoms with Gasteiger partial charge < -0.3 is 28.8 Å². The maximum Gasteiger partial charge on any atom is 0.190 e. The fraction of sp³-hybridized carbons (Fsp3) is 0.500. The highest BCUT2D eigenvalue weighted by Gasteiger charge is 2.61. The number of aliphatic hydroxyl groups excluding tert-OH is 1. The van der Waals surface area contributed by atoms with Crippen LogP contribution in [0.1, 0.15) is 25.0 Å². The van der Waals surface area contributed by atoms with Gasteiger partial charge in [-0.2, -0.15) is 0 Å². The van der Waals surface area contributed by atoms with Crippen molar-refractivity contribution in [3.8, 4) is 0 Å². The summed E-state index contributed by atoms with van der Waals surface area (Å²) in [4.78, 5) is 2.99. The minimum atomic E-state index is -1.42. The standard InChI is InChI=1S/C24H29N3O6/c1-23(2)32-20-19(30-14-18-11-7-4-8-12-18)21(31-22(20)33-23)24(15-28,26-27-25)16-29-13-17-9-5-3-6-10-17/h3-12,19-22,28H,13-16H2,1-2H3/t19-,20-,21+,22-,24?/m1/s1. The molecular formula is C24H29N3O6. The SMILES string of the molecule is CC1(C)O[C@H]2O[C@H](C(CO)(COCc3ccccc3)N=[N+]=[N-])[C@H](OCc3ccccc3)[C@H]2O1. The molecule has 0 spiro atoms. The van der Waals surface area contributed by atoms with Crippen LogP contribution in [0.25, 0.3) is 10.4 Å². The van der Waals surface area contributed by atoms with Crippen LogP contribution >= 0.6 is 0 Å². The van der Waals surface area contributed by atoms with Gasteiger partial charge in [-0.3, -0.25) is 0 Å². The molecule has 2 saturated heterocycles. The Hall–Kier alpha value is -2.49. The van der Waals surface area contributed by atoms with Crippen LogP contribution in [-0.4, -0.2) is 54.2 Å². The third-order valence-corrected chi connectivity index (χ3v) is 5.79. The number of rotatable bonds is 10. The lowest BCUT2D eigenvalue weighted by molar-refractivity contribution is -0.231. The predicted octanol–water partition coefficient (Wildman–Crippen LogP) is 3.71. The van der Waals surface area contributed by atoms with Gasteiger partial charge in [0.1, 0.15) is 23.9 Å². The molecule has 2 heterocycles. The molecule has 2 aromatic rings. The van der Waals surface area contributed by atoms with Crippen molar-refractivity contribution in [2.24, 2.45) is 5.11 Å². The van der Waals surface area contributed by atoms with E-state index in [9.17, 15) is 10.6 Å². The van der Waals surface area contributed by atoms with E-state index in [-0.39, 0.29) is 6.61 Å². The van der Waals surface area contributed by atoms with Gasteiger partial charge in [0.25, 0.3) is 0 Å². The largest absolute Gasteiger partial charge is 0.395 e. The van der Waals surface area contributed by atoms with Gasteiger partial charge in [-0.1, -0.05) is 65.8 Å². The normalized spacial score (nSPS) is 27.5. The van der Waals surface area contributed by atoms with E-state index in [0.717, 1.165) is 11.1 Å². The lowest BCUT2D eigenvalue weighted by Gasteiger charge is -2.36. The first kappa shape index (κ1) is 23.7. The molecule has 2 aliphatic rings. The number of hydrogen-bond acceptors (Lipinski definition) is 7. The summed E-state index contributed by atoms with van der Waals surface area (Å²) in [6, 6.07) is 19.3. The quantitative estimate of drug-likeness (QED) is 0.332. The van der Waals surface area contributed by atoms with E-state index in [2.05, 4.69) is 10.0 Å². The zero-order chi connectivity index (χ0) is 23.3. The second kappa shape index (κ2) is 10.2. The highest BCUT2D eigenvalue weighted by atomic mass is 16.8. The molecule has 2 aromatic carbocycles. The number of aliphatic hydroxyl groups is 1. The van der Waals surface area contributed by atoms with Crippen molar-refractivity contribution in [2.75, 3.05) is 13.2 Å². The number of nitrogens with zero attached hydrogens (tertiary/aromatic N) is 3. The Balaban J connectivity index is 1.55. The Kier molecular flexibility index (Phi) is 7.31. The summed E-state index contributed by atoms with van der Waals surface area (Å²) < 4.78 is 30.2. The van der Waals surface area contributed by atoms with E-state index < -0.39 is 42.5 Å². The number of fused-ring (bicyclic) bond motifs is 1. The molecule has 1 N–H and O–H groups in total. The van der Waals surface area contributed by atoms with Crippen molar-refractivity contribution in [3.63, 3.8) is 0 Å². The number of benzene rings is 2. The molecule has 2 aliphatic heterocycles. The fourth-order valence-corrected chi connectivity index (χ4v) is 4.20. The van der Waals surface area contributed by atoms with Crippen LogP contribution in [0.2, 0.25) is 0 Å². The van der Waals surface area contributed by atoms with Crippen molar-refractivity contribution in [1.29, 1.82) is 0 Å². The predicted molar refractivity (Wildman–Crippen MR) is 119 cm³/mol. The molecule has 176 valence electrons. The number of hydrogen-bond donors (Lipinski definition) is 1. The van der Waals surface area contributed by atoms with E-state index in [0.29, 0.717) is 13.2 Å². The van der Waals surface area contributed by atoms with E-state index >= 15 is 0 Å². The fourth-order valence-electron chi connectivity index (χ4n) is 4.20. The van der Waals surface area contributed by atoms with E-state index in [4.69, 9.17) is 23.7 Å². The van der Waals surface area contributed by atoms with Gasteiger partial charge in [0.2, 0.25) is 0 Å². The van der Waals surface area contributed by atoms with Gasteiger partial charge in [0.05, 0.1) is 26.4 Å². The van der Waals surface area contributed by atoms with Crippen molar-refractivity contribution in [2.45, 2.75) is 63.0 Å². The molecule has 0 bridgehead atoms. The van der Waals surface area contributed by atoms with Crippen LogP contribution in [0.4, 0.5) is 0 Å². The molecular weight excluding hydrogens is 426 g/mol. The minimum absolute atomic E-state index is 0.0683. The first-order valence-electron chi connectivity index (χ1n) is 10.9. The van der Waals surface area contributed by atoms with E-state index in [1.165, 1.54) is 0 Å². The van der Waals surface area contributed by atoms with Gasteiger partial charge in [0, 0.05) is 4.91 Å². The molecule has 0 amide bonds. The number of ether oxygens (including phenoxy) is 5. The van der Waals surface area contributed by atoms with E-state index in [1.54, 1.807) is 13.8 Å². The monoisotopic (exact) mass is 455 g/mol. The molecule has 1 unspecified atom stereocenters. The highest BCUT2D eigenvalue weighted by Crippen LogP contribution is 2.43. The summed E-state index contributed by atoms with van der Waals surface area (Å²) in [5.41, 5.74) is 9.83. The van der Waals surface area contributed by atoms with E-state index in [1.807, 2.05) is 60.7 Å².